The molecule has 0 aromatic heterocycles. The summed E-state index contributed by atoms with van der Waals surface area (Å²) in [7, 11) is 2.15. The largest absolute Gasteiger partial charge is 0.465 e. The maximum Gasteiger partial charge on any atom is 0.366 e. The van der Waals surface area contributed by atoms with Crippen LogP contribution in [0.25, 0.3) is 0 Å². The summed E-state index contributed by atoms with van der Waals surface area (Å²) in [5, 5.41) is 0. The number of ether oxygens (including phenoxy) is 2. The highest BCUT2D eigenvalue weighted by atomic mass is 35.7. The number of esters is 1. The number of carbonyl (C=O) groups excluding carboxylic acids is 1. The third-order valence-corrected chi connectivity index (χ3v) is 5.23. The molecule has 0 spiro atoms. The van der Waals surface area contributed by atoms with E-state index in [9.17, 15) is 9.36 Å². The fraction of sp³-hybridized carbons (Fsp3) is 0.833. The van der Waals surface area contributed by atoms with Crippen LogP contribution in [0.5, 0.6) is 0 Å². The van der Waals surface area contributed by atoms with E-state index in [1.54, 1.807) is 6.92 Å². The normalized spacial score (nSPS) is 19.5. The highest BCUT2D eigenvalue weighted by molar-refractivity contribution is 7.88. The van der Waals surface area contributed by atoms with Gasteiger partial charge in [0.25, 0.3) is 0 Å². The number of halogens is 2. The topological polar surface area (TPSA) is 61.8 Å². The average molecular weight is 265 g/mol. The molecule has 0 rings (SSSR count). The number of rotatable bonds is 5. The molecule has 0 aliphatic rings. The molecule has 0 aliphatic heterocycles. The minimum absolute atomic E-state index is 0.0373. The predicted octanol–water partition coefficient (Wildman–Crippen LogP) is 2.17. The maximum absolute atomic E-state index is 11.7. The van der Waals surface area contributed by atoms with E-state index in [1.165, 1.54) is 0 Å². The molecule has 0 radical (unpaired) electrons. The van der Waals surface area contributed by atoms with Crippen LogP contribution in [0.4, 0.5) is 0 Å². The summed E-state index contributed by atoms with van der Waals surface area (Å²) in [4.78, 5) is 8.88. The second-order valence-corrected chi connectivity index (χ2v) is 6.13. The van der Waals surface area contributed by atoms with Crippen molar-refractivity contribution in [3.8, 4) is 0 Å². The Labute approximate surface area is 91.8 Å². The van der Waals surface area contributed by atoms with Gasteiger partial charge in [-0.2, -0.15) is 0 Å². The first-order chi connectivity index (χ1) is 6.35. The average Bonchev–Trinajstić information content (AvgIpc) is 2.14. The molecule has 14 heavy (non-hydrogen) atoms. The zero-order chi connectivity index (χ0) is 11.4. The van der Waals surface area contributed by atoms with Gasteiger partial charge >= 0.3 is 17.5 Å². The standard InChI is InChI=1S/C6H11Cl2O5P/c1-4-13-14(8,10)6(7,12-3)5(9)11-2/h4H2,1-3H3. The Kier molecular flexibility index (Phi) is 5.41. The van der Waals surface area contributed by atoms with Crippen LogP contribution in [0.1, 0.15) is 6.92 Å². The Bertz CT molecular complexity index is 259. The minimum atomic E-state index is -3.95. The predicted molar refractivity (Wildman–Crippen MR) is 52.7 cm³/mol. The first-order valence-electron chi connectivity index (χ1n) is 3.62. The van der Waals surface area contributed by atoms with E-state index in [4.69, 9.17) is 22.8 Å². The van der Waals surface area contributed by atoms with Gasteiger partial charge in [0, 0.05) is 7.11 Å². The summed E-state index contributed by atoms with van der Waals surface area (Å²) in [6.07, 6.45) is 0. The molecular weight excluding hydrogens is 254 g/mol. The highest BCUT2D eigenvalue weighted by Gasteiger charge is 2.56. The Balaban J connectivity index is 5.03. The molecule has 0 aliphatic carbocycles. The van der Waals surface area contributed by atoms with E-state index in [-0.39, 0.29) is 6.61 Å². The fourth-order valence-electron chi connectivity index (χ4n) is 0.676. The van der Waals surface area contributed by atoms with Crippen LogP contribution in [0.2, 0.25) is 0 Å². The molecule has 0 amide bonds. The van der Waals surface area contributed by atoms with Crippen LogP contribution in [-0.4, -0.2) is 31.6 Å². The monoisotopic (exact) mass is 264 g/mol. The van der Waals surface area contributed by atoms with E-state index in [0.29, 0.717) is 0 Å². The molecule has 0 saturated carbocycles. The summed E-state index contributed by atoms with van der Waals surface area (Å²) in [6.45, 7) is -2.35. The SMILES string of the molecule is CCOP(=O)(Cl)C(Cl)(OC)C(=O)OC. The fourth-order valence-corrected chi connectivity index (χ4v) is 2.63. The molecule has 0 heterocycles. The van der Waals surface area contributed by atoms with Crippen LogP contribution >= 0.6 is 29.6 Å². The van der Waals surface area contributed by atoms with Crippen LogP contribution < -0.4 is 0 Å². The van der Waals surface area contributed by atoms with Crippen LogP contribution in [0.3, 0.4) is 0 Å². The summed E-state index contributed by atoms with van der Waals surface area (Å²) < 4.78 is 25.2. The Morgan fingerprint density at radius 1 is 1.50 bits per heavy atom. The van der Waals surface area contributed by atoms with Gasteiger partial charge in [0.2, 0.25) is 0 Å². The summed E-state index contributed by atoms with van der Waals surface area (Å²) in [5.41, 5.74) is 0. The van der Waals surface area contributed by atoms with Crippen molar-refractivity contribution in [3.63, 3.8) is 0 Å². The molecule has 8 heteroatoms. The zero-order valence-corrected chi connectivity index (χ0v) is 10.4. The Morgan fingerprint density at radius 3 is 2.29 bits per heavy atom. The lowest BCUT2D eigenvalue weighted by molar-refractivity contribution is -0.150. The van der Waals surface area contributed by atoms with Gasteiger partial charge < -0.3 is 14.0 Å². The number of carbonyl (C=O) groups is 1. The highest BCUT2D eigenvalue weighted by Crippen LogP contribution is 2.66. The van der Waals surface area contributed by atoms with Crippen molar-refractivity contribution in [1.82, 2.24) is 0 Å². The molecule has 0 saturated heterocycles. The van der Waals surface area contributed by atoms with Crippen molar-refractivity contribution in [1.29, 1.82) is 0 Å². The van der Waals surface area contributed by atoms with Gasteiger partial charge in [-0.15, -0.1) is 0 Å². The number of alkyl halides is 1. The van der Waals surface area contributed by atoms with Crippen molar-refractivity contribution in [2.45, 2.75) is 11.7 Å². The van der Waals surface area contributed by atoms with Gasteiger partial charge in [-0.25, -0.2) is 4.79 Å². The van der Waals surface area contributed by atoms with Crippen molar-refractivity contribution in [3.05, 3.63) is 0 Å². The molecule has 84 valence electrons. The minimum Gasteiger partial charge on any atom is -0.465 e. The van der Waals surface area contributed by atoms with E-state index in [0.717, 1.165) is 14.2 Å². The molecule has 0 fully saturated rings. The van der Waals surface area contributed by atoms with Crippen molar-refractivity contribution in [2.24, 2.45) is 0 Å². The quantitative estimate of drug-likeness (QED) is 0.433. The first-order valence-corrected chi connectivity index (χ1v) is 6.53. The number of hydrogen-bond donors (Lipinski definition) is 0. The van der Waals surface area contributed by atoms with Gasteiger partial charge in [0.15, 0.2) is 0 Å². The molecule has 5 nitrogen and oxygen atoms in total. The summed E-state index contributed by atoms with van der Waals surface area (Å²) in [5.74, 6) is -1.06. The van der Waals surface area contributed by atoms with Crippen LogP contribution in [0, 0.1) is 0 Å². The van der Waals surface area contributed by atoms with Crippen LogP contribution in [0.15, 0.2) is 0 Å². The molecule has 0 aromatic carbocycles. The summed E-state index contributed by atoms with van der Waals surface area (Å²) in [6, 6.07) is 0. The second-order valence-electron chi connectivity index (χ2n) is 2.15. The van der Waals surface area contributed by atoms with E-state index in [2.05, 4.69) is 14.0 Å². The van der Waals surface area contributed by atoms with Gasteiger partial charge in [-0.05, 0) is 18.2 Å². The third-order valence-electron chi connectivity index (χ3n) is 1.35. The number of hydrogen-bond acceptors (Lipinski definition) is 5. The van der Waals surface area contributed by atoms with Gasteiger partial charge in [-0.1, -0.05) is 11.6 Å². The summed E-state index contributed by atoms with van der Waals surface area (Å²) >= 11 is 11.1. The lowest BCUT2D eigenvalue weighted by Crippen LogP contribution is -2.35. The van der Waals surface area contributed by atoms with Gasteiger partial charge in [0.05, 0.1) is 13.7 Å². The lowest BCUT2D eigenvalue weighted by atomic mass is 10.7. The van der Waals surface area contributed by atoms with Crippen LogP contribution in [-0.2, 0) is 23.4 Å². The van der Waals surface area contributed by atoms with E-state index >= 15 is 0 Å². The van der Waals surface area contributed by atoms with Gasteiger partial charge in [0.1, 0.15) is 0 Å². The molecule has 2 atom stereocenters. The zero-order valence-electron chi connectivity index (χ0n) is 7.95. The van der Waals surface area contributed by atoms with Crippen molar-refractivity contribution in [2.75, 3.05) is 20.8 Å². The lowest BCUT2D eigenvalue weighted by Gasteiger charge is -2.25. The molecular formula is C6H11Cl2O5P. The Morgan fingerprint density at radius 2 is 2.00 bits per heavy atom. The first kappa shape index (κ1) is 14.2. The van der Waals surface area contributed by atoms with E-state index < -0.39 is 17.5 Å². The van der Waals surface area contributed by atoms with Crippen molar-refractivity contribution < 1.29 is 23.4 Å². The maximum atomic E-state index is 11.7. The third kappa shape index (κ3) is 2.61. The smallest absolute Gasteiger partial charge is 0.366 e. The molecule has 2 unspecified atom stereocenters. The Hall–Kier alpha value is 0.200. The second kappa shape index (κ2) is 5.33. The molecule has 0 bridgehead atoms. The number of methoxy groups -OCH3 is 2. The van der Waals surface area contributed by atoms with Crippen molar-refractivity contribution >= 4 is 35.5 Å². The molecule has 0 aromatic rings. The van der Waals surface area contributed by atoms with Gasteiger partial charge in [-0.3, -0.25) is 4.57 Å². The molecule has 0 N–H and O–H groups in total. The van der Waals surface area contributed by atoms with E-state index in [1.807, 2.05) is 0 Å².